The second-order valence-corrected chi connectivity index (χ2v) is 7.35. The first kappa shape index (κ1) is 19.6. The number of aromatic amines is 1. The Morgan fingerprint density at radius 3 is 2.50 bits per heavy atom. The van der Waals surface area contributed by atoms with Crippen molar-refractivity contribution in [3.63, 3.8) is 0 Å². The fraction of sp³-hybridized carbons (Fsp3) is 0.160. The minimum atomic E-state index is -0.334. The van der Waals surface area contributed by atoms with Crippen LogP contribution in [-0.2, 0) is 0 Å². The molecule has 0 bridgehead atoms. The number of ketones is 1. The molecule has 0 saturated carbocycles. The quantitative estimate of drug-likeness (QED) is 0.465. The Balaban J connectivity index is 1.57. The summed E-state index contributed by atoms with van der Waals surface area (Å²) in [5.74, 6) is 1.05. The van der Waals surface area contributed by atoms with Gasteiger partial charge >= 0.3 is 0 Å². The topological polar surface area (TPSA) is 72.1 Å². The van der Waals surface area contributed by atoms with Gasteiger partial charge in [0.05, 0.1) is 7.11 Å². The summed E-state index contributed by atoms with van der Waals surface area (Å²) in [5, 5.41) is 2.17. The predicted molar refractivity (Wildman–Crippen MR) is 118 cm³/mol. The van der Waals surface area contributed by atoms with Gasteiger partial charge in [0, 0.05) is 18.1 Å². The highest BCUT2D eigenvalue weighted by molar-refractivity contribution is 5.95. The molecule has 150 valence electrons. The molecule has 5 nitrogen and oxygen atoms in total. The van der Waals surface area contributed by atoms with Crippen molar-refractivity contribution in [2.45, 2.75) is 19.3 Å². The Hall–Kier alpha value is -3.73. The van der Waals surface area contributed by atoms with Crippen LogP contribution >= 0.6 is 0 Å². The maximum absolute atomic E-state index is 12.9. The van der Waals surface area contributed by atoms with Crippen molar-refractivity contribution in [1.82, 2.24) is 9.97 Å². The summed E-state index contributed by atoms with van der Waals surface area (Å²) < 4.78 is 5.27. The number of benzene rings is 3. The zero-order chi connectivity index (χ0) is 21.1. The number of nitrogens with one attached hydrogen (secondary N) is 1. The van der Waals surface area contributed by atoms with Crippen molar-refractivity contribution in [2.75, 3.05) is 7.11 Å². The van der Waals surface area contributed by atoms with Crippen LogP contribution < -0.4 is 10.3 Å². The lowest BCUT2D eigenvalue weighted by molar-refractivity contribution is 0.0970. The van der Waals surface area contributed by atoms with Crippen LogP contribution in [0.1, 0.15) is 35.3 Å². The van der Waals surface area contributed by atoms with E-state index in [9.17, 15) is 9.59 Å². The first-order chi connectivity index (χ1) is 14.5. The van der Waals surface area contributed by atoms with Gasteiger partial charge in [-0.15, -0.1) is 0 Å². The smallest absolute Gasteiger partial charge is 0.251 e. The molecule has 4 rings (SSSR count). The molecule has 1 unspecified atom stereocenters. The van der Waals surface area contributed by atoms with Crippen LogP contribution in [0.2, 0.25) is 0 Å². The van der Waals surface area contributed by atoms with E-state index >= 15 is 0 Å². The highest BCUT2D eigenvalue weighted by Crippen LogP contribution is 2.27. The third-order valence-electron chi connectivity index (χ3n) is 5.21. The molecule has 0 fully saturated rings. The van der Waals surface area contributed by atoms with Crippen molar-refractivity contribution >= 4 is 16.6 Å². The molecular weight excluding hydrogens is 376 g/mol. The van der Waals surface area contributed by atoms with Crippen molar-refractivity contribution in [3.05, 3.63) is 94.4 Å². The SMILES string of the molecule is COc1ccc2cc(C(C)CC(=O)c3cc(=O)[nH]c(-c4ccccc4)n3)ccc2c1. The van der Waals surface area contributed by atoms with Gasteiger partial charge in [-0.3, -0.25) is 9.59 Å². The van der Waals surface area contributed by atoms with E-state index in [2.05, 4.69) is 16.0 Å². The lowest BCUT2D eigenvalue weighted by atomic mass is 9.93. The van der Waals surface area contributed by atoms with E-state index in [0.717, 1.165) is 27.6 Å². The zero-order valence-electron chi connectivity index (χ0n) is 16.9. The van der Waals surface area contributed by atoms with E-state index in [-0.39, 0.29) is 29.4 Å². The number of Topliss-reactive ketones (excluding diaryl/α,β-unsaturated/α-hetero) is 1. The number of carbonyl (C=O) groups excluding carboxylic acids is 1. The Morgan fingerprint density at radius 1 is 1.00 bits per heavy atom. The minimum absolute atomic E-state index is 0.00901. The highest BCUT2D eigenvalue weighted by atomic mass is 16.5. The van der Waals surface area contributed by atoms with E-state index < -0.39 is 0 Å². The monoisotopic (exact) mass is 398 g/mol. The van der Waals surface area contributed by atoms with E-state index in [0.29, 0.717) is 5.82 Å². The summed E-state index contributed by atoms with van der Waals surface area (Å²) in [6.07, 6.45) is 0.270. The number of methoxy groups -OCH3 is 1. The Morgan fingerprint density at radius 2 is 1.73 bits per heavy atom. The Bertz CT molecular complexity index is 1260. The minimum Gasteiger partial charge on any atom is -0.497 e. The van der Waals surface area contributed by atoms with Gasteiger partial charge in [0.25, 0.3) is 5.56 Å². The van der Waals surface area contributed by atoms with E-state index in [1.54, 1.807) is 7.11 Å². The van der Waals surface area contributed by atoms with Crippen LogP contribution in [0.3, 0.4) is 0 Å². The molecule has 1 aromatic heterocycles. The van der Waals surface area contributed by atoms with Crippen LogP contribution in [0.15, 0.2) is 77.6 Å². The lowest BCUT2D eigenvalue weighted by Gasteiger charge is -2.13. The Labute approximate surface area is 174 Å². The normalized spacial score (nSPS) is 11.9. The summed E-state index contributed by atoms with van der Waals surface area (Å²) in [4.78, 5) is 32.1. The summed E-state index contributed by atoms with van der Waals surface area (Å²) in [7, 11) is 1.65. The summed E-state index contributed by atoms with van der Waals surface area (Å²) >= 11 is 0. The average Bonchev–Trinajstić information content (AvgIpc) is 2.78. The molecular formula is C25H22N2O3. The Kier molecular flexibility index (Phi) is 5.44. The number of nitrogens with zero attached hydrogens (tertiary/aromatic N) is 1. The fourth-order valence-corrected chi connectivity index (χ4v) is 3.51. The molecule has 0 aliphatic carbocycles. The molecule has 0 saturated heterocycles. The molecule has 0 aliphatic rings. The average molecular weight is 398 g/mol. The van der Waals surface area contributed by atoms with Crippen molar-refractivity contribution in [3.8, 4) is 17.1 Å². The van der Waals surface area contributed by atoms with Gasteiger partial charge in [-0.1, -0.05) is 61.5 Å². The molecule has 0 radical (unpaired) electrons. The second kappa shape index (κ2) is 8.33. The number of hydrogen-bond acceptors (Lipinski definition) is 4. The van der Waals surface area contributed by atoms with Gasteiger partial charge in [-0.2, -0.15) is 0 Å². The summed E-state index contributed by atoms with van der Waals surface area (Å²) in [6.45, 7) is 2.01. The molecule has 4 aromatic rings. The largest absolute Gasteiger partial charge is 0.497 e. The standard InChI is InChI=1S/C25H22N2O3/c1-16(18-8-9-20-14-21(30-2)11-10-19(20)13-18)12-23(28)22-15-24(29)27-25(26-22)17-6-4-3-5-7-17/h3-11,13-16H,12H2,1-2H3,(H,26,27,29). The maximum Gasteiger partial charge on any atom is 0.251 e. The van der Waals surface area contributed by atoms with Crippen LogP contribution in [0, 0.1) is 0 Å². The van der Waals surface area contributed by atoms with Crippen LogP contribution in [0.5, 0.6) is 5.75 Å². The molecule has 30 heavy (non-hydrogen) atoms. The van der Waals surface area contributed by atoms with Crippen LogP contribution in [-0.4, -0.2) is 22.9 Å². The molecule has 0 aliphatic heterocycles. The molecule has 1 N–H and O–H groups in total. The first-order valence-corrected chi connectivity index (χ1v) is 9.81. The molecule has 0 amide bonds. The summed E-state index contributed by atoms with van der Waals surface area (Å²) in [5.41, 5.74) is 1.69. The number of hydrogen-bond donors (Lipinski definition) is 1. The molecule has 1 heterocycles. The molecule has 0 spiro atoms. The van der Waals surface area contributed by atoms with Gasteiger partial charge in [-0.05, 0) is 34.4 Å². The van der Waals surface area contributed by atoms with Gasteiger partial charge in [-0.25, -0.2) is 4.98 Å². The van der Waals surface area contributed by atoms with Crippen LogP contribution in [0.4, 0.5) is 0 Å². The molecule has 5 heteroatoms. The molecule has 1 atom stereocenters. The number of aromatic nitrogens is 2. The van der Waals surface area contributed by atoms with Gasteiger partial charge < -0.3 is 9.72 Å². The zero-order valence-corrected chi connectivity index (χ0v) is 16.9. The maximum atomic E-state index is 12.9. The van der Waals surface area contributed by atoms with E-state index in [1.807, 2.05) is 67.6 Å². The van der Waals surface area contributed by atoms with Crippen LogP contribution in [0.25, 0.3) is 22.2 Å². The van der Waals surface area contributed by atoms with Crippen molar-refractivity contribution in [2.24, 2.45) is 0 Å². The van der Waals surface area contributed by atoms with E-state index in [1.165, 1.54) is 6.07 Å². The van der Waals surface area contributed by atoms with Crippen molar-refractivity contribution in [1.29, 1.82) is 0 Å². The number of fused-ring (bicyclic) bond motifs is 1. The number of carbonyl (C=O) groups is 1. The first-order valence-electron chi connectivity index (χ1n) is 9.81. The lowest BCUT2D eigenvalue weighted by Crippen LogP contribution is -2.15. The van der Waals surface area contributed by atoms with Gasteiger partial charge in [0.15, 0.2) is 5.78 Å². The third-order valence-corrected chi connectivity index (χ3v) is 5.21. The number of rotatable bonds is 6. The third kappa shape index (κ3) is 4.15. The van der Waals surface area contributed by atoms with E-state index in [4.69, 9.17) is 4.74 Å². The molecule has 3 aromatic carbocycles. The van der Waals surface area contributed by atoms with Gasteiger partial charge in [0.2, 0.25) is 0 Å². The van der Waals surface area contributed by atoms with Crippen molar-refractivity contribution < 1.29 is 9.53 Å². The number of ether oxygens (including phenoxy) is 1. The second-order valence-electron chi connectivity index (χ2n) is 7.35. The fourth-order valence-electron chi connectivity index (χ4n) is 3.51. The summed E-state index contributed by atoms with van der Waals surface area (Å²) in [6, 6.07) is 22.7. The van der Waals surface area contributed by atoms with Gasteiger partial charge in [0.1, 0.15) is 17.3 Å². The highest BCUT2D eigenvalue weighted by Gasteiger charge is 2.16. The number of H-pyrrole nitrogens is 1. The predicted octanol–water partition coefficient (Wildman–Crippen LogP) is 4.98.